The van der Waals surface area contributed by atoms with Crippen LogP contribution in [0, 0.1) is 5.82 Å². The minimum atomic E-state index is -0.247. The first-order valence-corrected chi connectivity index (χ1v) is 9.65. The van der Waals surface area contributed by atoms with E-state index < -0.39 is 0 Å². The maximum atomic E-state index is 13.4. The molecule has 0 spiro atoms. The van der Waals surface area contributed by atoms with Gasteiger partial charge in [-0.15, -0.1) is 10.2 Å². The van der Waals surface area contributed by atoms with Crippen LogP contribution in [-0.2, 0) is 6.54 Å². The van der Waals surface area contributed by atoms with Crippen LogP contribution < -0.4 is 9.47 Å². The quantitative estimate of drug-likeness (QED) is 0.424. The fraction of sp³-hybridized carbons (Fsp3) is 0.0833. The zero-order valence-corrected chi connectivity index (χ0v) is 15.9. The highest BCUT2D eigenvalue weighted by molar-refractivity contribution is 5.99. The van der Waals surface area contributed by atoms with Gasteiger partial charge in [-0.1, -0.05) is 42.5 Å². The van der Waals surface area contributed by atoms with Crippen molar-refractivity contribution < 1.29 is 13.9 Å². The predicted molar refractivity (Wildman–Crippen MR) is 111 cm³/mol. The van der Waals surface area contributed by atoms with Crippen LogP contribution in [0.25, 0.3) is 33.4 Å². The molecular weight excluding hydrogens is 381 g/mol. The Balaban J connectivity index is 1.60. The van der Waals surface area contributed by atoms with Gasteiger partial charge in [0, 0.05) is 35.3 Å². The van der Waals surface area contributed by atoms with Crippen molar-refractivity contribution in [2.24, 2.45) is 0 Å². The van der Waals surface area contributed by atoms with E-state index in [1.165, 1.54) is 12.1 Å². The van der Waals surface area contributed by atoms with Crippen LogP contribution in [0.3, 0.4) is 0 Å². The molecule has 0 aromatic heterocycles. The smallest absolute Gasteiger partial charge is 0.231 e. The van der Waals surface area contributed by atoms with E-state index in [1.807, 2.05) is 42.5 Å². The van der Waals surface area contributed by atoms with Crippen LogP contribution in [-0.4, -0.2) is 21.6 Å². The molecule has 0 radical (unpaired) electrons. The first-order valence-electron chi connectivity index (χ1n) is 9.65. The highest BCUT2D eigenvalue weighted by atomic mass is 19.1. The van der Waals surface area contributed by atoms with E-state index in [2.05, 4.69) is 21.0 Å². The molecule has 0 unspecified atom stereocenters. The lowest BCUT2D eigenvalue weighted by atomic mass is 10.0. The standard InChI is InChI=1S/C24H16FN3O2/c25-17-8-6-15(7-9-17)12-28-13-19-23(16-4-2-1-3-5-16)26-27-24(19)18-10-21-22(11-20(18)28)30-14-29-21/h1-11,13H,12,14H2. The van der Waals surface area contributed by atoms with Crippen molar-refractivity contribution in [1.82, 2.24) is 14.8 Å². The van der Waals surface area contributed by atoms with Crippen molar-refractivity contribution in [3.8, 4) is 34.0 Å². The number of fused-ring (bicyclic) bond motifs is 4. The molecule has 3 aliphatic rings. The molecule has 0 atom stereocenters. The number of halogens is 1. The Morgan fingerprint density at radius 2 is 1.60 bits per heavy atom. The second-order valence-corrected chi connectivity index (χ2v) is 7.28. The predicted octanol–water partition coefficient (Wildman–Crippen LogP) is 5.12. The fourth-order valence-corrected chi connectivity index (χ4v) is 3.95. The lowest BCUT2D eigenvalue weighted by Gasteiger charge is -2.16. The van der Waals surface area contributed by atoms with Crippen LogP contribution in [0.2, 0.25) is 0 Å². The van der Waals surface area contributed by atoms with Crippen LogP contribution in [0.5, 0.6) is 11.5 Å². The molecule has 6 rings (SSSR count). The maximum absolute atomic E-state index is 13.4. The van der Waals surface area contributed by atoms with Crippen LogP contribution in [0.1, 0.15) is 5.56 Å². The fourth-order valence-electron chi connectivity index (χ4n) is 3.95. The number of ether oxygens (including phenoxy) is 2. The molecule has 3 heterocycles. The molecule has 0 N–H and O–H groups in total. The molecule has 3 aromatic rings. The van der Waals surface area contributed by atoms with E-state index in [4.69, 9.17) is 9.47 Å². The van der Waals surface area contributed by atoms with E-state index in [1.54, 1.807) is 12.1 Å². The molecule has 30 heavy (non-hydrogen) atoms. The first-order chi connectivity index (χ1) is 14.8. The highest BCUT2D eigenvalue weighted by Gasteiger charge is 2.23. The zero-order chi connectivity index (χ0) is 20.1. The van der Waals surface area contributed by atoms with Gasteiger partial charge in [0.15, 0.2) is 11.5 Å². The molecule has 0 amide bonds. The average molecular weight is 397 g/mol. The topological polar surface area (TPSA) is 49.2 Å². The average Bonchev–Trinajstić information content (AvgIpc) is 3.41. The summed E-state index contributed by atoms with van der Waals surface area (Å²) in [6.45, 7) is 0.778. The number of rotatable bonds is 3. The number of aromatic nitrogens is 3. The summed E-state index contributed by atoms with van der Waals surface area (Å²) in [4.78, 5) is 0. The monoisotopic (exact) mass is 397 g/mol. The normalized spacial score (nSPS) is 12.7. The Bertz CT molecular complexity index is 1350. The van der Waals surface area contributed by atoms with Crippen LogP contribution in [0.15, 0.2) is 72.9 Å². The van der Waals surface area contributed by atoms with Crippen molar-refractivity contribution in [3.05, 3.63) is 84.3 Å². The van der Waals surface area contributed by atoms with Gasteiger partial charge >= 0.3 is 0 Å². The summed E-state index contributed by atoms with van der Waals surface area (Å²) < 4.78 is 26.7. The molecule has 146 valence electrons. The van der Waals surface area contributed by atoms with Gasteiger partial charge in [-0.05, 0) is 23.8 Å². The molecule has 6 heteroatoms. The lowest BCUT2D eigenvalue weighted by Crippen LogP contribution is -2.04. The second-order valence-electron chi connectivity index (χ2n) is 7.28. The molecule has 0 fully saturated rings. The van der Waals surface area contributed by atoms with E-state index in [0.29, 0.717) is 18.0 Å². The summed E-state index contributed by atoms with van der Waals surface area (Å²) in [6.07, 6.45) is 2.06. The maximum Gasteiger partial charge on any atom is 0.231 e. The third-order valence-corrected chi connectivity index (χ3v) is 5.41. The van der Waals surface area contributed by atoms with E-state index >= 15 is 0 Å². The number of pyridine rings is 1. The Morgan fingerprint density at radius 1 is 0.867 bits per heavy atom. The summed E-state index contributed by atoms with van der Waals surface area (Å²) in [5, 5.41) is 9.92. The summed E-state index contributed by atoms with van der Waals surface area (Å²) in [5.74, 6) is 1.16. The number of benzene rings is 3. The van der Waals surface area contributed by atoms with Gasteiger partial charge in [0.2, 0.25) is 6.79 Å². The minimum absolute atomic E-state index is 0.203. The molecule has 0 saturated carbocycles. The molecule has 3 aliphatic heterocycles. The third-order valence-electron chi connectivity index (χ3n) is 5.41. The Morgan fingerprint density at radius 3 is 2.40 bits per heavy atom. The largest absolute Gasteiger partial charge is 0.454 e. The molecule has 0 aliphatic carbocycles. The Labute approximate surface area is 171 Å². The number of hydrogen-bond donors (Lipinski definition) is 0. The molecule has 5 nitrogen and oxygen atoms in total. The van der Waals surface area contributed by atoms with Gasteiger partial charge in [0.05, 0.1) is 5.52 Å². The van der Waals surface area contributed by atoms with Gasteiger partial charge in [0.1, 0.15) is 17.2 Å². The molecule has 0 saturated heterocycles. The minimum Gasteiger partial charge on any atom is -0.454 e. The van der Waals surface area contributed by atoms with Crippen molar-refractivity contribution in [2.45, 2.75) is 6.54 Å². The van der Waals surface area contributed by atoms with Gasteiger partial charge < -0.3 is 14.0 Å². The number of hydrogen-bond acceptors (Lipinski definition) is 4. The van der Waals surface area contributed by atoms with Gasteiger partial charge in [-0.25, -0.2) is 4.39 Å². The summed E-state index contributed by atoms with van der Waals surface area (Å²) in [6, 6.07) is 20.5. The first kappa shape index (κ1) is 17.0. The van der Waals surface area contributed by atoms with Crippen molar-refractivity contribution in [1.29, 1.82) is 0 Å². The van der Waals surface area contributed by atoms with Crippen molar-refractivity contribution >= 4 is 10.9 Å². The lowest BCUT2D eigenvalue weighted by molar-refractivity contribution is 0.174. The second kappa shape index (κ2) is 6.56. The van der Waals surface area contributed by atoms with Crippen LogP contribution in [0.4, 0.5) is 4.39 Å². The Hall–Kier alpha value is -3.93. The van der Waals surface area contributed by atoms with E-state index in [-0.39, 0.29) is 12.6 Å². The van der Waals surface area contributed by atoms with Crippen LogP contribution >= 0.6 is 0 Å². The van der Waals surface area contributed by atoms with Crippen molar-refractivity contribution in [2.75, 3.05) is 6.79 Å². The van der Waals surface area contributed by atoms with Gasteiger partial charge in [0.25, 0.3) is 0 Å². The van der Waals surface area contributed by atoms with Gasteiger partial charge in [-0.3, -0.25) is 0 Å². The molecule has 0 bridgehead atoms. The SMILES string of the molecule is Fc1ccc(Cn2cc3c(-c4ccccc4)nnc-3c3cc4c(cc32)OCO4)cc1. The molecule has 3 aromatic carbocycles. The Kier molecular flexibility index (Phi) is 3.71. The summed E-state index contributed by atoms with van der Waals surface area (Å²) in [7, 11) is 0. The van der Waals surface area contributed by atoms with Crippen molar-refractivity contribution in [3.63, 3.8) is 0 Å². The summed E-state index contributed by atoms with van der Waals surface area (Å²) in [5.41, 5.74) is 5.56. The highest BCUT2D eigenvalue weighted by Crippen LogP contribution is 2.42. The van der Waals surface area contributed by atoms with E-state index in [9.17, 15) is 4.39 Å². The van der Waals surface area contributed by atoms with Gasteiger partial charge in [-0.2, -0.15) is 0 Å². The summed E-state index contributed by atoms with van der Waals surface area (Å²) >= 11 is 0. The van der Waals surface area contributed by atoms with E-state index in [0.717, 1.165) is 39.0 Å². The zero-order valence-electron chi connectivity index (χ0n) is 15.9. The third kappa shape index (κ3) is 2.69. The number of nitrogens with zero attached hydrogens (tertiary/aromatic N) is 3. The molecular formula is C24H16FN3O2.